The van der Waals surface area contributed by atoms with E-state index in [0.717, 1.165) is 50.6 Å². The third-order valence-corrected chi connectivity index (χ3v) is 4.95. The van der Waals surface area contributed by atoms with E-state index >= 15 is 0 Å². The van der Waals surface area contributed by atoms with E-state index in [-0.39, 0.29) is 35.9 Å². The molecule has 2 heterocycles. The van der Waals surface area contributed by atoms with Crippen molar-refractivity contribution in [3.05, 3.63) is 17.0 Å². The molecule has 1 aliphatic rings. The lowest BCUT2D eigenvalue weighted by atomic mass is 10.1. The van der Waals surface area contributed by atoms with Crippen LogP contribution in [0.2, 0.25) is 0 Å². The van der Waals surface area contributed by atoms with Crippen LogP contribution < -0.4 is 10.6 Å². The third-order valence-electron chi connectivity index (χ3n) is 4.95. The zero-order chi connectivity index (χ0) is 19.1. The summed E-state index contributed by atoms with van der Waals surface area (Å²) in [6.45, 7) is 11.5. The van der Waals surface area contributed by atoms with Gasteiger partial charge in [0.05, 0.1) is 12.2 Å². The molecule has 1 unspecified atom stereocenters. The van der Waals surface area contributed by atoms with E-state index in [0.29, 0.717) is 13.0 Å². The quantitative estimate of drug-likeness (QED) is 0.349. The van der Waals surface area contributed by atoms with Crippen molar-refractivity contribution >= 4 is 35.8 Å². The topological polar surface area (TPSA) is 74.6 Å². The molecule has 8 heteroatoms. The van der Waals surface area contributed by atoms with Crippen molar-refractivity contribution in [2.75, 3.05) is 26.2 Å². The van der Waals surface area contributed by atoms with Gasteiger partial charge in [-0.25, -0.2) is 0 Å². The normalized spacial score (nSPS) is 15.4. The van der Waals surface area contributed by atoms with Crippen LogP contribution in [-0.4, -0.2) is 58.8 Å². The van der Waals surface area contributed by atoms with E-state index in [4.69, 9.17) is 0 Å². The standard InChI is InChI=1S/C19H34N6O.HI/c1-6-20-19(21-10-9-18(26)25-11-7-8-12-25)22-14(2)13-17-15(3)23-24(5)16(17)4;/h14H,6-13H2,1-5H3,(H2,20,21,22);1H. The molecular formula is C19H35IN6O. The predicted molar refractivity (Wildman–Crippen MR) is 121 cm³/mol. The second-order valence-electron chi connectivity index (χ2n) is 7.12. The fourth-order valence-corrected chi connectivity index (χ4v) is 3.41. The first-order valence-corrected chi connectivity index (χ1v) is 9.74. The molecule has 154 valence electrons. The van der Waals surface area contributed by atoms with E-state index in [2.05, 4.69) is 41.5 Å². The van der Waals surface area contributed by atoms with Crippen LogP contribution >= 0.6 is 24.0 Å². The van der Waals surface area contributed by atoms with Crippen molar-refractivity contribution in [2.45, 2.75) is 59.4 Å². The highest BCUT2D eigenvalue weighted by Crippen LogP contribution is 2.14. The number of hydrogen-bond donors (Lipinski definition) is 2. The molecule has 2 rings (SSSR count). The van der Waals surface area contributed by atoms with Gasteiger partial charge in [-0.2, -0.15) is 5.10 Å². The average molecular weight is 490 g/mol. The number of nitrogens with zero attached hydrogens (tertiary/aromatic N) is 4. The Labute approximate surface area is 180 Å². The Bertz CT molecular complexity index is 636. The van der Waals surface area contributed by atoms with Crippen molar-refractivity contribution in [2.24, 2.45) is 12.0 Å². The van der Waals surface area contributed by atoms with Crippen molar-refractivity contribution < 1.29 is 4.79 Å². The summed E-state index contributed by atoms with van der Waals surface area (Å²) in [6.07, 6.45) is 3.63. The maximum Gasteiger partial charge on any atom is 0.224 e. The monoisotopic (exact) mass is 490 g/mol. The molecule has 7 nitrogen and oxygen atoms in total. The third kappa shape index (κ3) is 6.97. The second kappa shape index (κ2) is 11.5. The summed E-state index contributed by atoms with van der Waals surface area (Å²) in [5, 5.41) is 11.2. The maximum absolute atomic E-state index is 12.1. The second-order valence-corrected chi connectivity index (χ2v) is 7.12. The molecule has 1 fully saturated rings. The van der Waals surface area contributed by atoms with Crippen LogP contribution in [-0.2, 0) is 18.3 Å². The van der Waals surface area contributed by atoms with Crippen molar-refractivity contribution in [1.29, 1.82) is 0 Å². The van der Waals surface area contributed by atoms with Crippen molar-refractivity contribution in [1.82, 2.24) is 25.3 Å². The Morgan fingerprint density at radius 2 is 1.96 bits per heavy atom. The molecule has 0 bridgehead atoms. The van der Waals surface area contributed by atoms with Gasteiger partial charge < -0.3 is 15.5 Å². The molecule has 1 amide bonds. The number of nitrogens with one attached hydrogen (secondary N) is 2. The SMILES string of the molecule is CCNC(=NCCC(=O)N1CCCC1)NC(C)Cc1c(C)nn(C)c1C.I. The van der Waals surface area contributed by atoms with Crippen LogP contribution in [0, 0.1) is 13.8 Å². The Balaban J connectivity index is 0.00000364. The summed E-state index contributed by atoms with van der Waals surface area (Å²) < 4.78 is 1.93. The van der Waals surface area contributed by atoms with Crippen LogP contribution in [0.3, 0.4) is 0 Å². The predicted octanol–water partition coefficient (Wildman–Crippen LogP) is 2.15. The summed E-state index contributed by atoms with van der Waals surface area (Å²) in [5.74, 6) is 0.991. The molecule has 0 aliphatic carbocycles. The van der Waals surface area contributed by atoms with Gasteiger partial charge in [0.15, 0.2) is 5.96 Å². The van der Waals surface area contributed by atoms with Gasteiger partial charge in [-0.3, -0.25) is 14.5 Å². The summed E-state index contributed by atoms with van der Waals surface area (Å²) in [6, 6.07) is 0.226. The van der Waals surface area contributed by atoms with Crippen LogP contribution in [0.5, 0.6) is 0 Å². The molecule has 0 aromatic carbocycles. The molecule has 0 spiro atoms. The molecule has 2 N–H and O–H groups in total. The minimum atomic E-state index is 0. The first kappa shape index (κ1) is 23.7. The number of aryl methyl sites for hydroxylation is 2. The minimum Gasteiger partial charge on any atom is -0.357 e. The summed E-state index contributed by atoms with van der Waals surface area (Å²) in [5.41, 5.74) is 3.57. The average Bonchev–Trinajstić information content (AvgIpc) is 3.20. The van der Waals surface area contributed by atoms with Crippen molar-refractivity contribution in [3.63, 3.8) is 0 Å². The van der Waals surface area contributed by atoms with Crippen LogP contribution in [0.4, 0.5) is 0 Å². The zero-order valence-electron chi connectivity index (χ0n) is 17.3. The lowest BCUT2D eigenvalue weighted by Crippen LogP contribution is -2.43. The van der Waals surface area contributed by atoms with Gasteiger partial charge in [-0.05, 0) is 52.5 Å². The summed E-state index contributed by atoms with van der Waals surface area (Å²) in [4.78, 5) is 18.7. The fourth-order valence-electron chi connectivity index (χ4n) is 3.41. The van der Waals surface area contributed by atoms with E-state index in [1.54, 1.807) is 0 Å². The molecule has 0 radical (unpaired) electrons. The highest BCUT2D eigenvalue weighted by molar-refractivity contribution is 14.0. The van der Waals surface area contributed by atoms with Crippen molar-refractivity contribution in [3.8, 4) is 0 Å². The number of rotatable bonds is 7. The number of hydrogen-bond acceptors (Lipinski definition) is 3. The molecule has 1 saturated heterocycles. The number of carbonyl (C=O) groups is 1. The van der Waals surface area contributed by atoms with Gasteiger partial charge in [0.25, 0.3) is 0 Å². The Morgan fingerprint density at radius 3 is 2.52 bits per heavy atom. The fraction of sp³-hybridized carbons (Fsp3) is 0.737. The molecule has 1 aromatic heterocycles. The number of guanidine groups is 1. The Kier molecular flexibility index (Phi) is 10.1. The molecule has 1 aliphatic heterocycles. The van der Waals surface area contributed by atoms with E-state index in [9.17, 15) is 4.79 Å². The number of likely N-dealkylation sites (tertiary alicyclic amines) is 1. The van der Waals surface area contributed by atoms with E-state index < -0.39 is 0 Å². The number of aromatic nitrogens is 2. The number of aliphatic imine (C=N–C) groups is 1. The summed E-state index contributed by atoms with van der Waals surface area (Å²) >= 11 is 0. The van der Waals surface area contributed by atoms with Gasteiger partial charge in [0, 0.05) is 44.8 Å². The number of carbonyl (C=O) groups excluding carboxylic acids is 1. The first-order chi connectivity index (χ1) is 12.4. The van der Waals surface area contributed by atoms with Gasteiger partial charge >= 0.3 is 0 Å². The number of halogens is 1. The minimum absolute atomic E-state index is 0. The number of amides is 1. The highest BCUT2D eigenvalue weighted by Gasteiger charge is 2.17. The van der Waals surface area contributed by atoms with Crippen LogP contribution in [0.15, 0.2) is 4.99 Å². The maximum atomic E-state index is 12.1. The molecule has 27 heavy (non-hydrogen) atoms. The highest BCUT2D eigenvalue weighted by atomic mass is 127. The van der Waals surface area contributed by atoms with Gasteiger partial charge in [-0.15, -0.1) is 24.0 Å². The molecule has 1 aromatic rings. The van der Waals surface area contributed by atoms with Crippen LogP contribution in [0.25, 0.3) is 0 Å². The Hall–Kier alpha value is -1.32. The smallest absolute Gasteiger partial charge is 0.224 e. The van der Waals surface area contributed by atoms with Gasteiger partial charge in [0.2, 0.25) is 5.91 Å². The van der Waals surface area contributed by atoms with Crippen LogP contribution in [0.1, 0.15) is 50.1 Å². The molecular weight excluding hydrogens is 455 g/mol. The summed E-state index contributed by atoms with van der Waals surface area (Å²) in [7, 11) is 1.98. The van der Waals surface area contributed by atoms with Gasteiger partial charge in [0.1, 0.15) is 0 Å². The molecule has 1 atom stereocenters. The lowest BCUT2D eigenvalue weighted by molar-refractivity contribution is -0.129. The largest absolute Gasteiger partial charge is 0.357 e. The Morgan fingerprint density at radius 1 is 1.30 bits per heavy atom. The molecule has 0 saturated carbocycles. The first-order valence-electron chi connectivity index (χ1n) is 9.74. The zero-order valence-corrected chi connectivity index (χ0v) is 19.7. The van der Waals surface area contributed by atoms with E-state index in [1.165, 1.54) is 11.3 Å². The van der Waals surface area contributed by atoms with E-state index in [1.807, 2.05) is 23.6 Å². The van der Waals surface area contributed by atoms with Gasteiger partial charge in [-0.1, -0.05) is 0 Å². The lowest BCUT2D eigenvalue weighted by Gasteiger charge is -2.18.